The first-order valence-electron chi connectivity index (χ1n) is 6.14. The molecule has 1 heterocycles. The molecule has 20 heavy (non-hydrogen) atoms. The average Bonchev–Trinajstić information content (AvgIpc) is 2.47. The summed E-state index contributed by atoms with van der Waals surface area (Å²) >= 11 is 3.42. The van der Waals surface area contributed by atoms with Crippen LogP contribution in [0.15, 0.2) is 41.0 Å². The molecule has 1 aromatic heterocycles. The van der Waals surface area contributed by atoms with Crippen LogP contribution in [0.4, 0.5) is 0 Å². The van der Waals surface area contributed by atoms with E-state index in [-0.39, 0.29) is 0 Å². The van der Waals surface area contributed by atoms with Crippen LogP contribution in [0, 0.1) is 0 Å². The minimum Gasteiger partial charge on any atom is -0.496 e. The van der Waals surface area contributed by atoms with Gasteiger partial charge in [-0.25, -0.2) is 4.98 Å². The summed E-state index contributed by atoms with van der Waals surface area (Å²) in [5.41, 5.74) is 1.68. The van der Waals surface area contributed by atoms with Crippen molar-refractivity contribution < 1.29 is 14.6 Å². The Bertz CT molecular complexity index is 572. The van der Waals surface area contributed by atoms with Crippen molar-refractivity contribution in [1.82, 2.24) is 4.98 Å². The number of aromatic nitrogens is 1. The van der Waals surface area contributed by atoms with Gasteiger partial charge in [0.25, 0.3) is 0 Å². The zero-order chi connectivity index (χ0) is 14.5. The summed E-state index contributed by atoms with van der Waals surface area (Å²) in [7, 11) is 3.18. The molecule has 1 N–H and O–H groups in total. The third-order valence-electron chi connectivity index (χ3n) is 3.01. The second kappa shape index (κ2) is 6.72. The molecule has 0 saturated heterocycles. The normalized spacial score (nSPS) is 12.0. The second-order valence-electron chi connectivity index (χ2n) is 4.31. The Labute approximate surface area is 126 Å². The van der Waals surface area contributed by atoms with E-state index >= 15 is 0 Å². The predicted molar refractivity (Wildman–Crippen MR) is 80.1 cm³/mol. The topological polar surface area (TPSA) is 51.6 Å². The number of aliphatic hydroxyl groups is 1. The van der Waals surface area contributed by atoms with Crippen LogP contribution in [0.25, 0.3) is 0 Å². The van der Waals surface area contributed by atoms with Crippen LogP contribution in [0.5, 0.6) is 11.6 Å². The van der Waals surface area contributed by atoms with E-state index in [2.05, 4.69) is 20.9 Å². The van der Waals surface area contributed by atoms with Gasteiger partial charge in [-0.15, -0.1) is 0 Å². The number of hydrogen-bond donors (Lipinski definition) is 1. The molecule has 0 aliphatic carbocycles. The number of benzene rings is 1. The van der Waals surface area contributed by atoms with Gasteiger partial charge in [-0.05, 0) is 35.4 Å². The number of rotatable bonds is 5. The van der Waals surface area contributed by atoms with Crippen LogP contribution >= 0.6 is 15.9 Å². The van der Waals surface area contributed by atoms with Crippen molar-refractivity contribution in [2.75, 3.05) is 14.2 Å². The van der Waals surface area contributed by atoms with Crippen LogP contribution < -0.4 is 9.47 Å². The van der Waals surface area contributed by atoms with Crippen LogP contribution in [0.3, 0.4) is 0 Å². The molecule has 4 nitrogen and oxygen atoms in total. The number of ether oxygens (including phenoxy) is 2. The van der Waals surface area contributed by atoms with E-state index in [9.17, 15) is 5.11 Å². The standard InChI is InChI=1S/C15H16BrNO3/c1-19-14-5-4-12(16)7-11(14)8-13(18)10-3-6-15(20-2)17-9-10/h3-7,9,13,18H,8H2,1-2H3. The van der Waals surface area contributed by atoms with Crippen molar-refractivity contribution in [2.24, 2.45) is 0 Å². The van der Waals surface area contributed by atoms with Crippen LogP contribution in [0.2, 0.25) is 0 Å². The Morgan fingerprint density at radius 3 is 2.60 bits per heavy atom. The van der Waals surface area contributed by atoms with Gasteiger partial charge in [-0.3, -0.25) is 0 Å². The molecule has 0 saturated carbocycles. The number of nitrogens with zero attached hydrogens (tertiary/aromatic N) is 1. The Balaban J connectivity index is 2.17. The first kappa shape index (κ1) is 14.8. The summed E-state index contributed by atoms with van der Waals surface area (Å²) in [5, 5.41) is 10.3. The minimum absolute atomic E-state index is 0.455. The lowest BCUT2D eigenvalue weighted by molar-refractivity contribution is 0.176. The number of methoxy groups -OCH3 is 2. The molecule has 0 aliphatic rings. The van der Waals surface area contributed by atoms with Gasteiger partial charge in [0.1, 0.15) is 5.75 Å². The van der Waals surface area contributed by atoms with Crippen LogP contribution in [0.1, 0.15) is 17.2 Å². The highest BCUT2D eigenvalue weighted by molar-refractivity contribution is 9.10. The maximum Gasteiger partial charge on any atom is 0.212 e. The van der Waals surface area contributed by atoms with Gasteiger partial charge < -0.3 is 14.6 Å². The lowest BCUT2D eigenvalue weighted by atomic mass is 10.0. The van der Waals surface area contributed by atoms with Crippen LogP contribution in [-0.4, -0.2) is 24.3 Å². The number of pyridine rings is 1. The molecule has 5 heteroatoms. The van der Waals surface area contributed by atoms with Gasteiger partial charge in [-0.1, -0.05) is 15.9 Å². The number of halogens is 1. The summed E-state index contributed by atoms with van der Waals surface area (Å²) in [6, 6.07) is 9.26. The molecule has 0 bridgehead atoms. The average molecular weight is 338 g/mol. The van der Waals surface area contributed by atoms with Gasteiger partial charge in [0.15, 0.2) is 0 Å². The van der Waals surface area contributed by atoms with Gasteiger partial charge in [-0.2, -0.15) is 0 Å². The Morgan fingerprint density at radius 1 is 1.20 bits per heavy atom. The molecule has 0 amide bonds. The van der Waals surface area contributed by atoms with E-state index in [0.717, 1.165) is 21.3 Å². The fourth-order valence-corrected chi connectivity index (χ4v) is 2.35. The SMILES string of the molecule is COc1ccc(C(O)Cc2cc(Br)ccc2OC)cn1. The number of hydrogen-bond acceptors (Lipinski definition) is 4. The summed E-state index contributed by atoms with van der Waals surface area (Å²) in [4.78, 5) is 4.10. The molecular formula is C15H16BrNO3. The highest BCUT2D eigenvalue weighted by atomic mass is 79.9. The van der Waals surface area contributed by atoms with Crippen LogP contribution in [-0.2, 0) is 6.42 Å². The minimum atomic E-state index is -0.642. The van der Waals surface area contributed by atoms with Gasteiger partial charge in [0.2, 0.25) is 5.88 Å². The van der Waals surface area contributed by atoms with E-state index in [0.29, 0.717) is 12.3 Å². The molecule has 2 rings (SSSR count). The van der Waals surface area contributed by atoms with Crippen molar-refractivity contribution in [3.05, 3.63) is 52.1 Å². The van der Waals surface area contributed by atoms with Gasteiger partial charge in [0.05, 0.1) is 20.3 Å². The maximum absolute atomic E-state index is 10.3. The summed E-state index contributed by atoms with van der Waals surface area (Å²) < 4.78 is 11.3. The molecule has 0 radical (unpaired) electrons. The van der Waals surface area contributed by atoms with Crippen molar-refractivity contribution >= 4 is 15.9 Å². The van der Waals surface area contributed by atoms with E-state index in [1.807, 2.05) is 18.2 Å². The molecule has 0 aliphatic heterocycles. The fourth-order valence-electron chi connectivity index (χ4n) is 1.94. The zero-order valence-corrected chi connectivity index (χ0v) is 12.9. The molecule has 0 fully saturated rings. The summed E-state index contributed by atoms with van der Waals surface area (Å²) in [6.07, 6.45) is 1.43. The third-order valence-corrected chi connectivity index (χ3v) is 3.50. The largest absolute Gasteiger partial charge is 0.496 e. The quantitative estimate of drug-likeness (QED) is 0.910. The lowest BCUT2D eigenvalue weighted by Gasteiger charge is -2.14. The highest BCUT2D eigenvalue weighted by Crippen LogP contribution is 2.28. The predicted octanol–water partition coefficient (Wildman–Crippen LogP) is 3.14. The molecule has 1 aromatic carbocycles. The van der Waals surface area contributed by atoms with E-state index < -0.39 is 6.10 Å². The molecule has 1 unspecified atom stereocenters. The second-order valence-corrected chi connectivity index (χ2v) is 5.23. The van der Waals surface area contributed by atoms with Crippen molar-refractivity contribution in [3.63, 3.8) is 0 Å². The van der Waals surface area contributed by atoms with Gasteiger partial charge in [0, 0.05) is 23.2 Å². The number of aliphatic hydroxyl groups excluding tert-OH is 1. The lowest BCUT2D eigenvalue weighted by Crippen LogP contribution is -2.04. The maximum atomic E-state index is 10.3. The Morgan fingerprint density at radius 2 is 2.00 bits per heavy atom. The summed E-state index contributed by atoms with van der Waals surface area (Å²) in [5.74, 6) is 1.29. The molecule has 106 valence electrons. The smallest absolute Gasteiger partial charge is 0.212 e. The van der Waals surface area contributed by atoms with Crippen molar-refractivity contribution in [3.8, 4) is 11.6 Å². The molecule has 0 spiro atoms. The highest BCUT2D eigenvalue weighted by Gasteiger charge is 2.13. The summed E-state index contributed by atoms with van der Waals surface area (Å²) in [6.45, 7) is 0. The molecular weight excluding hydrogens is 322 g/mol. The van der Waals surface area contributed by atoms with Gasteiger partial charge >= 0.3 is 0 Å². The van der Waals surface area contributed by atoms with E-state index in [4.69, 9.17) is 9.47 Å². The molecule has 2 aromatic rings. The third kappa shape index (κ3) is 3.49. The first-order chi connectivity index (χ1) is 9.63. The van der Waals surface area contributed by atoms with E-state index in [1.165, 1.54) is 0 Å². The van der Waals surface area contributed by atoms with Crippen molar-refractivity contribution in [2.45, 2.75) is 12.5 Å². The Kier molecular flexibility index (Phi) is 4.98. The Hall–Kier alpha value is -1.59. The zero-order valence-electron chi connectivity index (χ0n) is 11.3. The first-order valence-corrected chi connectivity index (χ1v) is 6.93. The van der Waals surface area contributed by atoms with E-state index in [1.54, 1.807) is 32.5 Å². The van der Waals surface area contributed by atoms with Crippen molar-refractivity contribution in [1.29, 1.82) is 0 Å². The molecule has 1 atom stereocenters. The fraction of sp³-hybridized carbons (Fsp3) is 0.267. The monoisotopic (exact) mass is 337 g/mol.